The molecule has 1 aromatic rings. The summed E-state index contributed by atoms with van der Waals surface area (Å²) in [6.45, 7) is 7.23. The van der Waals surface area contributed by atoms with E-state index in [1.165, 1.54) is 0 Å². The van der Waals surface area contributed by atoms with Gasteiger partial charge < -0.3 is 5.32 Å². The molecule has 1 aromatic heterocycles. The van der Waals surface area contributed by atoms with Crippen molar-refractivity contribution in [3.05, 3.63) is 41.4 Å². The Balaban J connectivity index is 1.74. The SMILES string of the molecule is CC(NCc1ccccn1)=C1C(=O)C[C@@H]2[C@@H]1C2(C)C. The molecule has 2 aliphatic carbocycles. The van der Waals surface area contributed by atoms with E-state index < -0.39 is 0 Å². The second kappa shape index (κ2) is 4.19. The highest BCUT2D eigenvalue weighted by atomic mass is 16.1. The van der Waals surface area contributed by atoms with E-state index in [2.05, 4.69) is 24.1 Å². The van der Waals surface area contributed by atoms with Crippen LogP contribution in [0.3, 0.4) is 0 Å². The zero-order valence-corrected chi connectivity index (χ0v) is 11.7. The van der Waals surface area contributed by atoms with Crippen LogP contribution < -0.4 is 5.32 Å². The van der Waals surface area contributed by atoms with E-state index in [1.807, 2.05) is 25.1 Å². The number of Topliss-reactive ketones (excluding diaryl/α,β-unsaturated/α-hetero) is 1. The van der Waals surface area contributed by atoms with E-state index in [4.69, 9.17) is 0 Å². The number of nitrogens with one attached hydrogen (secondary N) is 1. The van der Waals surface area contributed by atoms with E-state index >= 15 is 0 Å². The Hall–Kier alpha value is -1.64. The summed E-state index contributed by atoms with van der Waals surface area (Å²) in [5.74, 6) is 1.37. The minimum Gasteiger partial charge on any atom is -0.383 e. The Morgan fingerprint density at radius 1 is 1.47 bits per heavy atom. The monoisotopic (exact) mass is 256 g/mol. The van der Waals surface area contributed by atoms with E-state index in [-0.39, 0.29) is 0 Å². The van der Waals surface area contributed by atoms with Crippen LogP contribution in [0.25, 0.3) is 0 Å². The molecule has 3 heteroatoms. The summed E-state index contributed by atoms with van der Waals surface area (Å²) < 4.78 is 0. The molecule has 0 aromatic carbocycles. The molecule has 0 bridgehead atoms. The number of nitrogens with zero attached hydrogens (tertiary/aromatic N) is 1. The van der Waals surface area contributed by atoms with E-state index in [0.717, 1.165) is 23.4 Å². The summed E-state index contributed by atoms with van der Waals surface area (Å²) in [5.41, 5.74) is 3.39. The first-order valence-corrected chi connectivity index (χ1v) is 6.89. The number of hydrogen-bond donors (Lipinski definition) is 1. The lowest BCUT2D eigenvalue weighted by atomic mass is 9.95. The van der Waals surface area contributed by atoms with Gasteiger partial charge in [-0.1, -0.05) is 19.9 Å². The molecule has 0 aliphatic heterocycles. The molecule has 0 amide bonds. The van der Waals surface area contributed by atoms with Crippen molar-refractivity contribution < 1.29 is 4.79 Å². The predicted molar refractivity (Wildman–Crippen MR) is 74.2 cm³/mol. The standard InChI is InChI=1S/C16H20N2O/c1-10(18-9-11-6-4-5-7-17-11)14-13(19)8-12-15(14)16(12,2)3/h4-7,12,15,18H,8-9H2,1-3H3/t12-,15+/m1/s1. The lowest BCUT2D eigenvalue weighted by molar-refractivity contribution is -0.115. The Bertz CT molecular complexity index is 545. The summed E-state index contributed by atoms with van der Waals surface area (Å²) in [6.07, 6.45) is 2.52. The van der Waals surface area contributed by atoms with Crippen LogP contribution in [0.15, 0.2) is 35.7 Å². The van der Waals surface area contributed by atoms with E-state index in [9.17, 15) is 4.79 Å². The van der Waals surface area contributed by atoms with Crippen LogP contribution in [0.5, 0.6) is 0 Å². The normalized spacial score (nSPS) is 29.9. The molecule has 0 saturated heterocycles. The molecule has 0 radical (unpaired) electrons. The zero-order valence-electron chi connectivity index (χ0n) is 11.7. The number of carbonyl (C=O) groups is 1. The Morgan fingerprint density at radius 2 is 2.26 bits per heavy atom. The molecule has 19 heavy (non-hydrogen) atoms. The number of carbonyl (C=O) groups excluding carboxylic acids is 1. The Morgan fingerprint density at radius 3 is 2.89 bits per heavy atom. The summed E-state index contributed by atoms with van der Waals surface area (Å²) in [4.78, 5) is 16.3. The third-order valence-corrected chi connectivity index (χ3v) is 4.73. The average Bonchev–Trinajstić information content (AvgIpc) is 2.74. The van der Waals surface area contributed by atoms with Gasteiger partial charge in [-0.3, -0.25) is 9.78 Å². The first kappa shape index (κ1) is 12.4. The maximum absolute atomic E-state index is 12.0. The van der Waals surface area contributed by atoms with Gasteiger partial charge in [0.05, 0.1) is 12.2 Å². The molecule has 3 nitrogen and oxygen atoms in total. The number of fused-ring (bicyclic) bond motifs is 1. The van der Waals surface area contributed by atoms with Gasteiger partial charge >= 0.3 is 0 Å². The van der Waals surface area contributed by atoms with Crippen molar-refractivity contribution >= 4 is 5.78 Å². The Labute approximate surface area is 114 Å². The van der Waals surface area contributed by atoms with Gasteiger partial charge in [0.25, 0.3) is 0 Å². The summed E-state index contributed by atoms with van der Waals surface area (Å²) >= 11 is 0. The lowest BCUT2D eigenvalue weighted by Gasteiger charge is -2.14. The van der Waals surface area contributed by atoms with Crippen molar-refractivity contribution in [3.8, 4) is 0 Å². The van der Waals surface area contributed by atoms with Gasteiger partial charge in [-0.2, -0.15) is 0 Å². The highest BCUT2D eigenvalue weighted by Crippen LogP contribution is 2.68. The van der Waals surface area contributed by atoms with Crippen molar-refractivity contribution in [2.45, 2.75) is 33.7 Å². The third-order valence-electron chi connectivity index (χ3n) is 4.73. The molecule has 2 saturated carbocycles. The number of aromatic nitrogens is 1. The summed E-state index contributed by atoms with van der Waals surface area (Å²) in [6, 6.07) is 5.88. The van der Waals surface area contributed by atoms with Crippen LogP contribution in [0, 0.1) is 17.3 Å². The number of ketones is 1. The molecule has 2 aliphatic rings. The van der Waals surface area contributed by atoms with Gasteiger partial charge in [-0.05, 0) is 36.3 Å². The molecule has 100 valence electrons. The number of pyridine rings is 1. The van der Waals surface area contributed by atoms with Gasteiger partial charge in [0.2, 0.25) is 0 Å². The number of hydrogen-bond acceptors (Lipinski definition) is 3. The van der Waals surface area contributed by atoms with Crippen molar-refractivity contribution in [2.24, 2.45) is 17.3 Å². The fourth-order valence-electron chi connectivity index (χ4n) is 3.44. The van der Waals surface area contributed by atoms with Crippen LogP contribution in [0.4, 0.5) is 0 Å². The van der Waals surface area contributed by atoms with Gasteiger partial charge in [-0.25, -0.2) is 0 Å². The number of rotatable bonds is 3. The van der Waals surface area contributed by atoms with Crippen LogP contribution in [0.1, 0.15) is 32.9 Å². The van der Waals surface area contributed by atoms with Gasteiger partial charge in [0.1, 0.15) is 0 Å². The second-order valence-electron chi connectivity index (χ2n) is 6.25. The molecule has 0 unspecified atom stereocenters. The van der Waals surface area contributed by atoms with Crippen LogP contribution >= 0.6 is 0 Å². The van der Waals surface area contributed by atoms with Crippen LogP contribution in [0.2, 0.25) is 0 Å². The van der Waals surface area contributed by atoms with Crippen molar-refractivity contribution in [1.29, 1.82) is 0 Å². The Kier molecular flexibility index (Phi) is 2.73. The second-order valence-corrected chi connectivity index (χ2v) is 6.25. The quantitative estimate of drug-likeness (QED) is 0.845. The average molecular weight is 256 g/mol. The first-order chi connectivity index (χ1) is 9.01. The summed E-state index contributed by atoms with van der Waals surface area (Å²) in [5, 5.41) is 3.36. The molecular formula is C16H20N2O. The maximum atomic E-state index is 12.0. The van der Waals surface area contributed by atoms with Crippen LogP contribution in [-0.2, 0) is 11.3 Å². The first-order valence-electron chi connectivity index (χ1n) is 6.89. The fourth-order valence-corrected chi connectivity index (χ4v) is 3.44. The van der Waals surface area contributed by atoms with Crippen molar-refractivity contribution in [3.63, 3.8) is 0 Å². The predicted octanol–water partition coefficient (Wildman–Crippen LogP) is 2.69. The van der Waals surface area contributed by atoms with E-state index in [0.29, 0.717) is 29.6 Å². The molecule has 0 spiro atoms. The minimum absolute atomic E-state index is 0.317. The van der Waals surface area contributed by atoms with E-state index in [1.54, 1.807) is 6.20 Å². The topological polar surface area (TPSA) is 42.0 Å². The van der Waals surface area contributed by atoms with Gasteiger partial charge in [0, 0.05) is 23.9 Å². The highest BCUT2D eigenvalue weighted by Gasteiger charge is 2.65. The molecular weight excluding hydrogens is 236 g/mol. The van der Waals surface area contributed by atoms with Crippen molar-refractivity contribution in [2.75, 3.05) is 0 Å². The smallest absolute Gasteiger partial charge is 0.161 e. The fraction of sp³-hybridized carbons (Fsp3) is 0.500. The third kappa shape index (κ3) is 1.97. The number of allylic oxidation sites excluding steroid dienone is 2. The summed E-state index contributed by atoms with van der Waals surface area (Å²) in [7, 11) is 0. The zero-order chi connectivity index (χ0) is 13.6. The van der Waals surface area contributed by atoms with Gasteiger partial charge in [0.15, 0.2) is 5.78 Å². The van der Waals surface area contributed by atoms with Crippen LogP contribution in [-0.4, -0.2) is 10.8 Å². The van der Waals surface area contributed by atoms with Crippen molar-refractivity contribution in [1.82, 2.24) is 10.3 Å². The maximum Gasteiger partial charge on any atom is 0.161 e. The molecule has 1 N–H and O–H groups in total. The largest absolute Gasteiger partial charge is 0.383 e. The molecule has 3 rings (SSSR count). The van der Waals surface area contributed by atoms with Gasteiger partial charge in [-0.15, -0.1) is 0 Å². The lowest BCUT2D eigenvalue weighted by Crippen LogP contribution is -2.18. The molecule has 1 heterocycles. The molecule has 2 atom stereocenters. The highest BCUT2D eigenvalue weighted by molar-refractivity contribution is 6.01. The minimum atomic E-state index is 0.317. The molecule has 2 fully saturated rings.